The average Bonchev–Trinajstić information content (AvgIpc) is 2.53. The lowest BCUT2D eigenvalue weighted by atomic mass is 10.1. The topological polar surface area (TPSA) is 55.6 Å². The molecule has 2 rings (SSSR count). The lowest BCUT2D eigenvalue weighted by Crippen LogP contribution is -2.26. The fraction of sp³-hybridized carbons (Fsp3) is 0.188. The Morgan fingerprint density at radius 3 is 2.20 bits per heavy atom. The van der Waals surface area contributed by atoms with Crippen molar-refractivity contribution in [2.75, 3.05) is 19.1 Å². The number of rotatable bonds is 4. The van der Waals surface area contributed by atoms with Crippen LogP contribution in [-0.4, -0.2) is 20.1 Å². The van der Waals surface area contributed by atoms with Gasteiger partial charge >= 0.3 is 0 Å². The van der Waals surface area contributed by atoms with Gasteiger partial charge in [-0.3, -0.25) is 4.79 Å². The number of anilines is 1. The second kappa shape index (κ2) is 6.21. The van der Waals surface area contributed by atoms with Crippen molar-refractivity contribution in [2.24, 2.45) is 5.73 Å². The zero-order valence-corrected chi connectivity index (χ0v) is 11.7. The minimum absolute atomic E-state index is 0.0567. The van der Waals surface area contributed by atoms with Gasteiger partial charge in [0.1, 0.15) is 5.75 Å². The minimum atomic E-state index is -0.0567. The molecule has 0 spiro atoms. The fourth-order valence-corrected chi connectivity index (χ4v) is 1.90. The highest BCUT2D eigenvalue weighted by atomic mass is 16.5. The van der Waals surface area contributed by atoms with Crippen LogP contribution in [0.5, 0.6) is 5.75 Å². The molecule has 0 fully saturated rings. The normalized spacial score (nSPS) is 10.2. The standard InChI is InChI=1S/C16H18N2O2/c1-18(14-7-9-15(20-2)10-8-14)16(19)13-5-3-12(11-17)4-6-13/h3-10H,11,17H2,1-2H3. The number of benzene rings is 2. The van der Waals surface area contributed by atoms with E-state index in [-0.39, 0.29) is 5.91 Å². The van der Waals surface area contributed by atoms with Gasteiger partial charge < -0.3 is 15.4 Å². The molecule has 2 N–H and O–H groups in total. The maximum absolute atomic E-state index is 12.4. The van der Waals surface area contributed by atoms with Crippen LogP contribution in [0.25, 0.3) is 0 Å². The highest BCUT2D eigenvalue weighted by molar-refractivity contribution is 6.05. The molecule has 0 unspecified atom stereocenters. The van der Waals surface area contributed by atoms with E-state index >= 15 is 0 Å². The molecule has 0 aliphatic heterocycles. The van der Waals surface area contributed by atoms with E-state index in [0.717, 1.165) is 17.0 Å². The molecule has 0 saturated carbocycles. The molecule has 2 aromatic carbocycles. The molecule has 2 aromatic rings. The largest absolute Gasteiger partial charge is 0.497 e. The number of nitrogens with two attached hydrogens (primary N) is 1. The zero-order chi connectivity index (χ0) is 14.5. The minimum Gasteiger partial charge on any atom is -0.497 e. The number of amides is 1. The molecule has 104 valence electrons. The molecule has 1 amide bonds. The van der Waals surface area contributed by atoms with Crippen LogP contribution < -0.4 is 15.4 Å². The predicted molar refractivity (Wildman–Crippen MR) is 80.1 cm³/mol. The Labute approximate surface area is 118 Å². The first-order valence-electron chi connectivity index (χ1n) is 6.37. The van der Waals surface area contributed by atoms with E-state index < -0.39 is 0 Å². The van der Waals surface area contributed by atoms with Crippen molar-refractivity contribution in [1.29, 1.82) is 0 Å². The molecule has 20 heavy (non-hydrogen) atoms. The molecule has 0 bridgehead atoms. The van der Waals surface area contributed by atoms with Gasteiger partial charge in [-0.2, -0.15) is 0 Å². The van der Waals surface area contributed by atoms with Crippen LogP contribution in [0.1, 0.15) is 15.9 Å². The van der Waals surface area contributed by atoms with Crippen LogP contribution in [0.15, 0.2) is 48.5 Å². The van der Waals surface area contributed by atoms with Gasteiger partial charge in [0, 0.05) is 24.8 Å². The first-order valence-corrected chi connectivity index (χ1v) is 6.37. The van der Waals surface area contributed by atoms with Gasteiger partial charge in [-0.25, -0.2) is 0 Å². The third-order valence-electron chi connectivity index (χ3n) is 3.20. The summed E-state index contributed by atoms with van der Waals surface area (Å²) in [6.07, 6.45) is 0. The Balaban J connectivity index is 2.17. The summed E-state index contributed by atoms with van der Waals surface area (Å²) in [6, 6.07) is 14.7. The molecule has 0 radical (unpaired) electrons. The van der Waals surface area contributed by atoms with E-state index in [0.29, 0.717) is 12.1 Å². The molecular formula is C16H18N2O2. The SMILES string of the molecule is COc1ccc(N(C)C(=O)c2ccc(CN)cc2)cc1. The van der Waals surface area contributed by atoms with Gasteiger partial charge in [-0.15, -0.1) is 0 Å². The summed E-state index contributed by atoms with van der Waals surface area (Å²) in [4.78, 5) is 14.0. The number of hydrogen-bond acceptors (Lipinski definition) is 3. The second-order valence-electron chi connectivity index (χ2n) is 4.46. The van der Waals surface area contributed by atoms with Crippen LogP contribution in [0.4, 0.5) is 5.69 Å². The third kappa shape index (κ3) is 2.97. The lowest BCUT2D eigenvalue weighted by molar-refractivity contribution is 0.0993. The van der Waals surface area contributed by atoms with E-state index in [2.05, 4.69) is 0 Å². The Morgan fingerprint density at radius 2 is 1.70 bits per heavy atom. The Morgan fingerprint density at radius 1 is 1.10 bits per heavy atom. The van der Waals surface area contributed by atoms with Crippen molar-refractivity contribution in [3.05, 3.63) is 59.7 Å². The summed E-state index contributed by atoms with van der Waals surface area (Å²) >= 11 is 0. The van der Waals surface area contributed by atoms with Crippen molar-refractivity contribution in [2.45, 2.75) is 6.54 Å². The van der Waals surface area contributed by atoms with Gasteiger partial charge in [0.15, 0.2) is 0 Å². The Bertz CT molecular complexity index is 576. The van der Waals surface area contributed by atoms with E-state index in [9.17, 15) is 4.79 Å². The number of hydrogen-bond donors (Lipinski definition) is 1. The van der Waals surface area contributed by atoms with Crippen molar-refractivity contribution in [3.8, 4) is 5.75 Å². The molecule has 0 aromatic heterocycles. The monoisotopic (exact) mass is 270 g/mol. The van der Waals surface area contributed by atoms with E-state index in [1.54, 1.807) is 31.2 Å². The summed E-state index contributed by atoms with van der Waals surface area (Å²) < 4.78 is 5.10. The summed E-state index contributed by atoms with van der Waals surface area (Å²) in [5, 5.41) is 0. The molecule has 0 aliphatic carbocycles. The van der Waals surface area contributed by atoms with Gasteiger partial charge in [-0.05, 0) is 42.0 Å². The lowest BCUT2D eigenvalue weighted by Gasteiger charge is -2.18. The molecular weight excluding hydrogens is 252 g/mol. The van der Waals surface area contributed by atoms with E-state index in [1.807, 2.05) is 36.4 Å². The molecule has 4 nitrogen and oxygen atoms in total. The molecule has 0 saturated heterocycles. The van der Waals surface area contributed by atoms with E-state index in [4.69, 9.17) is 10.5 Å². The van der Waals surface area contributed by atoms with Gasteiger partial charge in [0.25, 0.3) is 5.91 Å². The quantitative estimate of drug-likeness (QED) is 0.928. The molecule has 0 atom stereocenters. The van der Waals surface area contributed by atoms with Crippen LogP contribution in [0.2, 0.25) is 0 Å². The average molecular weight is 270 g/mol. The summed E-state index contributed by atoms with van der Waals surface area (Å²) in [5.41, 5.74) is 8.01. The molecule has 0 aliphatic rings. The first-order chi connectivity index (χ1) is 9.65. The zero-order valence-electron chi connectivity index (χ0n) is 11.7. The smallest absolute Gasteiger partial charge is 0.258 e. The maximum Gasteiger partial charge on any atom is 0.258 e. The molecule has 4 heteroatoms. The highest BCUT2D eigenvalue weighted by Crippen LogP contribution is 2.20. The Hall–Kier alpha value is -2.33. The van der Waals surface area contributed by atoms with Crippen LogP contribution >= 0.6 is 0 Å². The van der Waals surface area contributed by atoms with Crippen LogP contribution in [0, 0.1) is 0 Å². The third-order valence-corrected chi connectivity index (χ3v) is 3.20. The van der Waals surface area contributed by atoms with Crippen LogP contribution in [0.3, 0.4) is 0 Å². The van der Waals surface area contributed by atoms with Crippen molar-refractivity contribution in [1.82, 2.24) is 0 Å². The summed E-state index contributed by atoms with van der Waals surface area (Å²) in [6.45, 7) is 0.475. The van der Waals surface area contributed by atoms with Gasteiger partial charge in [0.2, 0.25) is 0 Å². The van der Waals surface area contributed by atoms with Gasteiger partial charge in [-0.1, -0.05) is 12.1 Å². The highest BCUT2D eigenvalue weighted by Gasteiger charge is 2.13. The van der Waals surface area contributed by atoms with E-state index in [1.165, 1.54) is 0 Å². The van der Waals surface area contributed by atoms with Crippen molar-refractivity contribution < 1.29 is 9.53 Å². The number of nitrogens with zero attached hydrogens (tertiary/aromatic N) is 1. The number of ether oxygens (including phenoxy) is 1. The van der Waals surface area contributed by atoms with Crippen molar-refractivity contribution >= 4 is 11.6 Å². The molecule has 0 heterocycles. The summed E-state index contributed by atoms with van der Waals surface area (Å²) in [5.74, 6) is 0.709. The number of carbonyl (C=O) groups is 1. The van der Waals surface area contributed by atoms with Gasteiger partial charge in [0.05, 0.1) is 7.11 Å². The second-order valence-corrected chi connectivity index (χ2v) is 4.46. The Kier molecular flexibility index (Phi) is 4.38. The number of methoxy groups -OCH3 is 1. The maximum atomic E-state index is 12.4. The summed E-state index contributed by atoms with van der Waals surface area (Å²) in [7, 11) is 3.36. The predicted octanol–water partition coefficient (Wildman–Crippen LogP) is 2.43. The first kappa shape index (κ1) is 14.1. The van der Waals surface area contributed by atoms with Crippen molar-refractivity contribution in [3.63, 3.8) is 0 Å². The fourth-order valence-electron chi connectivity index (χ4n) is 1.90. The number of carbonyl (C=O) groups excluding carboxylic acids is 1. The van der Waals surface area contributed by atoms with Crippen LogP contribution in [-0.2, 0) is 6.54 Å².